The fraction of sp³-hybridized carbons (Fsp3) is 0.207. The number of hydrogen-bond acceptors (Lipinski definition) is 6. The van der Waals surface area contributed by atoms with Crippen molar-refractivity contribution in [2.45, 2.75) is 38.5 Å². The first-order valence-corrected chi connectivity index (χ1v) is 11.6. The van der Waals surface area contributed by atoms with E-state index in [4.69, 9.17) is 9.47 Å². The monoisotopic (exact) mass is 498 g/mol. The molecule has 0 aliphatic carbocycles. The summed E-state index contributed by atoms with van der Waals surface area (Å²) in [5.74, 6) is -0.386. The Hall–Kier alpha value is -4.52. The summed E-state index contributed by atoms with van der Waals surface area (Å²) in [6.07, 6.45) is 3.00. The first-order chi connectivity index (χ1) is 17.6. The van der Waals surface area contributed by atoms with Gasteiger partial charge in [0.05, 0.1) is 5.60 Å². The van der Waals surface area contributed by atoms with Crippen LogP contribution in [0.1, 0.15) is 37.5 Å². The molecule has 0 saturated heterocycles. The minimum absolute atomic E-state index is 0.139. The number of amides is 1. The van der Waals surface area contributed by atoms with Crippen LogP contribution in [-0.4, -0.2) is 34.4 Å². The van der Waals surface area contributed by atoms with Crippen molar-refractivity contribution in [2.75, 3.05) is 5.32 Å². The molecule has 0 bridgehead atoms. The largest absolute Gasteiger partial charge is 0.478 e. The van der Waals surface area contributed by atoms with Gasteiger partial charge in [-0.3, -0.25) is 4.79 Å². The third-order valence-corrected chi connectivity index (χ3v) is 5.54. The molecule has 3 aromatic rings. The molecule has 1 atom stereocenters. The Balaban J connectivity index is 1.47. The maximum atomic E-state index is 12.3. The van der Waals surface area contributed by atoms with E-state index < -0.39 is 17.3 Å². The first kappa shape index (κ1) is 25.6. The van der Waals surface area contributed by atoms with Gasteiger partial charge in [-0.2, -0.15) is 4.99 Å². The van der Waals surface area contributed by atoms with E-state index in [1.54, 1.807) is 57.2 Å². The molecule has 2 N–H and O–H groups in total. The van der Waals surface area contributed by atoms with E-state index in [1.165, 1.54) is 6.08 Å². The molecule has 0 aromatic heterocycles. The molecule has 1 heterocycles. The van der Waals surface area contributed by atoms with E-state index in [1.807, 2.05) is 42.5 Å². The summed E-state index contributed by atoms with van der Waals surface area (Å²) < 4.78 is 11.6. The minimum atomic E-state index is -2.08. The number of para-hydroxylation sites is 1. The molecule has 1 aliphatic heterocycles. The van der Waals surface area contributed by atoms with Crippen molar-refractivity contribution in [1.29, 1.82) is 0 Å². The van der Waals surface area contributed by atoms with E-state index in [-0.39, 0.29) is 12.3 Å². The SMILES string of the molecule is CC(C)(C)OC(Cc1ccc(Oc2ccc(C=C3C(=O)Nc4ccccc43)cc2)cc1)(N=C=O)C(=O)O. The van der Waals surface area contributed by atoms with Crippen LogP contribution in [0.15, 0.2) is 77.8 Å². The summed E-state index contributed by atoms with van der Waals surface area (Å²) in [5.41, 5.74) is 0.779. The van der Waals surface area contributed by atoms with Crippen LogP contribution in [0.2, 0.25) is 0 Å². The normalized spacial score (nSPS) is 15.3. The smallest absolute Gasteiger partial charge is 0.360 e. The molecule has 8 nitrogen and oxygen atoms in total. The number of benzene rings is 3. The van der Waals surface area contributed by atoms with Gasteiger partial charge in [0.25, 0.3) is 11.6 Å². The van der Waals surface area contributed by atoms with E-state index in [0.29, 0.717) is 22.6 Å². The zero-order valence-corrected chi connectivity index (χ0v) is 20.6. The second-order valence-electron chi connectivity index (χ2n) is 9.56. The lowest BCUT2D eigenvalue weighted by molar-refractivity contribution is -0.182. The number of carboxylic acids is 1. The van der Waals surface area contributed by atoms with Crippen molar-refractivity contribution in [1.82, 2.24) is 0 Å². The van der Waals surface area contributed by atoms with Crippen LogP contribution in [0.5, 0.6) is 11.5 Å². The molecule has 0 fully saturated rings. The number of hydrogen-bond donors (Lipinski definition) is 2. The summed E-state index contributed by atoms with van der Waals surface area (Å²) in [6.45, 7) is 5.06. The molecule has 1 unspecified atom stereocenters. The van der Waals surface area contributed by atoms with E-state index in [0.717, 1.165) is 16.8 Å². The Kier molecular flexibility index (Phi) is 7.07. The zero-order valence-electron chi connectivity index (χ0n) is 20.6. The summed E-state index contributed by atoms with van der Waals surface area (Å²) in [7, 11) is 0. The Bertz CT molecular complexity index is 1390. The van der Waals surface area contributed by atoms with Gasteiger partial charge in [-0.05, 0) is 68.3 Å². The number of aliphatic carboxylic acids is 1. The molecule has 0 saturated carbocycles. The molecule has 1 aliphatic rings. The number of carbonyl (C=O) groups excluding carboxylic acids is 2. The van der Waals surface area contributed by atoms with Gasteiger partial charge in [0, 0.05) is 23.2 Å². The van der Waals surface area contributed by atoms with E-state index >= 15 is 0 Å². The van der Waals surface area contributed by atoms with Crippen LogP contribution < -0.4 is 10.1 Å². The van der Waals surface area contributed by atoms with Gasteiger partial charge in [0.15, 0.2) is 0 Å². The molecule has 0 spiro atoms. The van der Waals surface area contributed by atoms with Gasteiger partial charge in [-0.1, -0.05) is 42.5 Å². The Labute approximate surface area is 214 Å². The molecule has 37 heavy (non-hydrogen) atoms. The standard InChI is InChI=1S/C29H26N2O6/c1-28(2,3)37-29(27(34)35,30-18-32)17-20-10-14-22(15-11-20)36-21-12-8-19(9-13-21)16-24-23-6-4-5-7-25(23)31-26(24)33/h4-16H,17H2,1-3H3,(H,31,33)(H,34,35). The van der Waals surface area contributed by atoms with Crippen molar-refractivity contribution >= 4 is 35.3 Å². The van der Waals surface area contributed by atoms with Crippen molar-refractivity contribution < 1.29 is 29.0 Å². The number of nitrogens with zero attached hydrogens (tertiary/aromatic N) is 1. The van der Waals surface area contributed by atoms with Crippen molar-refractivity contribution in [2.24, 2.45) is 4.99 Å². The highest BCUT2D eigenvalue weighted by atomic mass is 16.6. The maximum Gasteiger partial charge on any atom is 0.360 e. The number of isocyanates is 1. The lowest BCUT2D eigenvalue weighted by Gasteiger charge is -2.32. The van der Waals surface area contributed by atoms with Crippen LogP contribution in [-0.2, 0) is 25.5 Å². The van der Waals surface area contributed by atoms with Crippen LogP contribution in [0, 0.1) is 0 Å². The van der Waals surface area contributed by atoms with Gasteiger partial charge < -0.3 is 19.9 Å². The summed E-state index contributed by atoms with van der Waals surface area (Å²) in [5, 5.41) is 12.6. The number of fused-ring (bicyclic) bond motifs is 1. The van der Waals surface area contributed by atoms with Crippen LogP contribution in [0.4, 0.5) is 5.69 Å². The lowest BCUT2D eigenvalue weighted by atomic mass is 10.0. The average molecular weight is 499 g/mol. The quantitative estimate of drug-likeness (QED) is 0.243. The van der Waals surface area contributed by atoms with Gasteiger partial charge in [-0.25, -0.2) is 9.59 Å². The Morgan fingerprint density at radius 3 is 2.22 bits per heavy atom. The number of ether oxygens (including phenoxy) is 2. The molecule has 188 valence electrons. The number of carboxylic acid groups (broad SMARTS) is 1. The lowest BCUT2D eigenvalue weighted by Crippen LogP contribution is -2.47. The van der Waals surface area contributed by atoms with Crippen molar-refractivity contribution in [3.05, 3.63) is 89.5 Å². The molecule has 4 rings (SSSR count). The predicted molar refractivity (Wildman–Crippen MR) is 139 cm³/mol. The van der Waals surface area contributed by atoms with E-state index in [2.05, 4.69) is 10.3 Å². The van der Waals surface area contributed by atoms with Gasteiger partial charge >= 0.3 is 5.97 Å². The first-order valence-electron chi connectivity index (χ1n) is 11.6. The number of aliphatic imine (C=N–C) groups is 1. The Morgan fingerprint density at radius 2 is 1.62 bits per heavy atom. The zero-order chi connectivity index (χ0) is 26.6. The molecule has 3 aromatic carbocycles. The van der Waals surface area contributed by atoms with Crippen molar-refractivity contribution in [3.63, 3.8) is 0 Å². The van der Waals surface area contributed by atoms with Crippen LogP contribution in [0.25, 0.3) is 11.6 Å². The molecular weight excluding hydrogens is 472 g/mol. The predicted octanol–water partition coefficient (Wildman–Crippen LogP) is 5.45. The summed E-state index contributed by atoms with van der Waals surface area (Å²) >= 11 is 0. The number of carbonyl (C=O) groups is 2. The third kappa shape index (κ3) is 6.01. The fourth-order valence-electron chi connectivity index (χ4n) is 4.01. The third-order valence-electron chi connectivity index (χ3n) is 5.54. The minimum Gasteiger partial charge on any atom is -0.478 e. The molecular formula is C29H26N2O6. The van der Waals surface area contributed by atoms with Crippen LogP contribution in [0.3, 0.4) is 0 Å². The summed E-state index contributed by atoms with van der Waals surface area (Å²) in [4.78, 5) is 38.8. The summed E-state index contributed by atoms with van der Waals surface area (Å²) in [6, 6.07) is 21.6. The van der Waals surface area contributed by atoms with Crippen molar-refractivity contribution in [3.8, 4) is 11.5 Å². The highest BCUT2D eigenvalue weighted by molar-refractivity contribution is 6.34. The highest BCUT2D eigenvalue weighted by Crippen LogP contribution is 2.33. The van der Waals surface area contributed by atoms with Crippen LogP contribution >= 0.6 is 0 Å². The number of anilines is 1. The van der Waals surface area contributed by atoms with Gasteiger partial charge in [0.1, 0.15) is 11.5 Å². The van der Waals surface area contributed by atoms with Gasteiger partial charge in [0.2, 0.25) is 6.08 Å². The molecule has 0 radical (unpaired) electrons. The average Bonchev–Trinajstić information content (AvgIpc) is 3.15. The fourth-order valence-corrected chi connectivity index (χ4v) is 4.01. The maximum absolute atomic E-state index is 12.3. The number of nitrogens with one attached hydrogen (secondary N) is 1. The van der Waals surface area contributed by atoms with Gasteiger partial charge in [-0.15, -0.1) is 0 Å². The second kappa shape index (κ2) is 10.2. The number of rotatable bonds is 8. The molecule has 1 amide bonds. The second-order valence-corrected chi connectivity index (χ2v) is 9.56. The highest BCUT2D eigenvalue weighted by Gasteiger charge is 2.43. The Morgan fingerprint density at radius 1 is 1.00 bits per heavy atom. The van der Waals surface area contributed by atoms with E-state index in [9.17, 15) is 19.5 Å². The topological polar surface area (TPSA) is 114 Å². The molecule has 8 heteroatoms.